The van der Waals surface area contributed by atoms with E-state index in [1.807, 2.05) is 37.3 Å². The summed E-state index contributed by atoms with van der Waals surface area (Å²) < 4.78 is 7.80. The van der Waals surface area contributed by atoms with Crippen LogP contribution in [0.1, 0.15) is 25.8 Å². The molecule has 0 aliphatic carbocycles. The lowest BCUT2D eigenvalue weighted by Gasteiger charge is -2.18. The van der Waals surface area contributed by atoms with Gasteiger partial charge in [-0.1, -0.05) is 49.9 Å². The summed E-state index contributed by atoms with van der Waals surface area (Å²) in [4.78, 5) is 43.6. The average molecular weight is 602 g/mol. The molecule has 2 aromatic carbocycles. The molecule has 11 heteroatoms. The van der Waals surface area contributed by atoms with Crippen molar-refractivity contribution in [2.24, 2.45) is 0 Å². The second-order valence-electron chi connectivity index (χ2n) is 7.98. The number of aryl methyl sites for hydroxylation is 1. The molecule has 2 N–H and O–H groups in total. The van der Waals surface area contributed by atoms with Gasteiger partial charge in [-0.3, -0.25) is 19.8 Å². The molecular formula is C26H25BrN4O4S2. The van der Waals surface area contributed by atoms with Crippen LogP contribution in [-0.4, -0.2) is 33.3 Å². The van der Waals surface area contributed by atoms with Crippen molar-refractivity contribution in [3.05, 3.63) is 80.4 Å². The number of thiophene rings is 1. The SMILES string of the molecule is CCc1ccc(NC(=O)[C@H](CC)Sc2nc3ccsc3c(=O)n2NC(=O)COc2ccccc2Br)cc1. The minimum Gasteiger partial charge on any atom is -0.483 e. The van der Waals surface area contributed by atoms with Crippen LogP contribution >= 0.6 is 39.0 Å². The number of anilines is 1. The number of nitrogens with one attached hydrogen (secondary N) is 2. The van der Waals surface area contributed by atoms with Crippen molar-refractivity contribution in [2.75, 3.05) is 17.3 Å². The predicted octanol–water partition coefficient (Wildman–Crippen LogP) is 5.44. The number of aromatic nitrogens is 2. The van der Waals surface area contributed by atoms with Crippen LogP contribution in [0.5, 0.6) is 5.75 Å². The molecular weight excluding hydrogens is 576 g/mol. The van der Waals surface area contributed by atoms with Crippen LogP contribution in [0.15, 0.2) is 74.4 Å². The van der Waals surface area contributed by atoms with Crippen LogP contribution in [0, 0.1) is 0 Å². The number of nitrogens with zero attached hydrogens (tertiary/aromatic N) is 2. The fourth-order valence-electron chi connectivity index (χ4n) is 3.43. The third-order valence-corrected chi connectivity index (χ3v) is 8.29. The number of hydrogen-bond donors (Lipinski definition) is 2. The summed E-state index contributed by atoms with van der Waals surface area (Å²) in [6.07, 6.45) is 1.40. The van der Waals surface area contributed by atoms with Gasteiger partial charge in [-0.2, -0.15) is 4.68 Å². The molecule has 8 nitrogen and oxygen atoms in total. The zero-order valence-corrected chi connectivity index (χ0v) is 23.4. The minimum absolute atomic E-state index is 0.216. The number of para-hydroxylation sites is 1. The van der Waals surface area contributed by atoms with E-state index >= 15 is 0 Å². The number of halogens is 1. The van der Waals surface area contributed by atoms with E-state index in [1.54, 1.807) is 29.6 Å². The van der Waals surface area contributed by atoms with Crippen molar-refractivity contribution in [3.63, 3.8) is 0 Å². The van der Waals surface area contributed by atoms with E-state index < -0.39 is 16.7 Å². The number of benzene rings is 2. The molecule has 2 heterocycles. The zero-order chi connectivity index (χ0) is 26.4. The number of ether oxygens (including phenoxy) is 1. The molecule has 0 spiro atoms. The maximum atomic E-state index is 13.2. The van der Waals surface area contributed by atoms with Crippen LogP contribution in [-0.2, 0) is 16.0 Å². The first kappa shape index (κ1) is 26.9. The second kappa shape index (κ2) is 12.4. The van der Waals surface area contributed by atoms with Gasteiger partial charge in [-0.25, -0.2) is 4.98 Å². The highest BCUT2D eigenvalue weighted by atomic mass is 79.9. The lowest BCUT2D eigenvalue weighted by atomic mass is 10.1. The molecule has 1 atom stereocenters. The molecule has 2 aromatic heterocycles. The van der Waals surface area contributed by atoms with Gasteiger partial charge in [0.2, 0.25) is 5.91 Å². The monoisotopic (exact) mass is 600 g/mol. The maximum absolute atomic E-state index is 13.2. The Hall–Kier alpha value is -3.15. The van der Waals surface area contributed by atoms with E-state index in [4.69, 9.17) is 4.74 Å². The normalized spacial score (nSPS) is 11.8. The first-order chi connectivity index (χ1) is 17.9. The van der Waals surface area contributed by atoms with Gasteiger partial charge in [0.25, 0.3) is 11.5 Å². The maximum Gasteiger partial charge on any atom is 0.291 e. The van der Waals surface area contributed by atoms with Crippen molar-refractivity contribution in [1.29, 1.82) is 0 Å². The van der Waals surface area contributed by atoms with Gasteiger partial charge in [-0.05, 0) is 70.0 Å². The molecule has 4 aromatic rings. The molecule has 0 unspecified atom stereocenters. The molecule has 0 bridgehead atoms. The molecule has 4 rings (SSSR count). The zero-order valence-electron chi connectivity index (χ0n) is 20.2. The quantitative estimate of drug-likeness (QED) is 0.185. The van der Waals surface area contributed by atoms with E-state index in [0.29, 0.717) is 32.5 Å². The van der Waals surface area contributed by atoms with Crippen LogP contribution in [0.4, 0.5) is 5.69 Å². The van der Waals surface area contributed by atoms with Crippen molar-refractivity contribution in [2.45, 2.75) is 37.1 Å². The molecule has 192 valence electrons. The molecule has 37 heavy (non-hydrogen) atoms. The van der Waals surface area contributed by atoms with Gasteiger partial charge >= 0.3 is 0 Å². The van der Waals surface area contributed by atoms with Crippen LogP contribution in [0.2, 0.25) is 0 Å². The second-order valence-corrected chi connectivity index (χ2v) is 10.9. The standard InChI is InChI=1S/C26H25BrN4O4S2/c1-3-16-9-11-17(12-10-16)28-24(33)21(4-2)37-26-29-19-13-14-36-23(19)25(34)31(26)30-22(32)15-35-20-8-6-5-7-18(20)27/h5-14,21H,3-4,15H2,1-2H3,(H,28,33)(H,30,32)/t21-/m0/s1. The Morgan fingerprint density at radius 2 is 1.89 bits per heavy atom. The topological polar surface area (TPSA) is 102 Å². The van der Waals surface area contributed by atoms with Gasteiger partial charge < -0.3 is 10.1 Å². The van der Waals surface area contributed by atoms with Gasteiger partial charge in [0.15, 0.2) is 11.8 Å². The van der Waals surface area contributed by atoms with Crippen molar-refractivity contribution in [1.82, 2.24) is 9.66 Å². The van der Waals surface area contributed by atoms with Crippen molar-refractivity contribution >= 4 is 66.7 Å². The Morgan fingerprint density at radius 3 is 2.59 bits per heavy atom. The average Bonchev–Trinajstić information content (AvgIpc) is 3.38. The summed E-state index contributed by atoms with van der Waals surface area (Å²) in [5.41, 5.74) is 4.56. The number of thioether (sulfide) groups is 1. The lowest BCUT2D eigenvalue weighted by Crippen LogP contribution is -2.37. The Bertz CT molecular complexity index is 1470. The largest absolute Gasteiger partial charge is 0.483 e. The summed E-state index contributed by atoms with van der Waals surface area (Å²) in [7, 11) is 0. The fraction of sp³-hybridized carbons (Fsp3) is 0.231. The summed E-state index contributed by atoms with van der Waals surface area (Å²) in [6.45, 7) is 3.64. The number of fused-ring (bicyclic) bond motifs is 1. The Kier molecular flexibility index (Phi) is 9.01. The number of hydrogen-bond acceptors (Lipinski definition) is 7. The number of amides is 2. The van der Waals surface area contributed by atoms with Crippen LogP contribution in [0.3, 0.4) is 0 Å². The lowest BCUT2D eigenvalue weighted by molar-refractivity contribution is -0.119. The van der Waals surface area contributed by atoms with Crippen LogP contribution < -0.4 is 21.0 Å². The first-order valence-electron chi connectivity index (χ1n) is 11.6. The molecule has 2 amide bonds. The summed E-state index contributed by atoms with van der Waals surface area (Å²) in [5.74, 6) is -0.251. The highest BCUT2D eigenvalue weighted by molar-refractivity contribution is 9.10. The van der Waals surface area contributed by atoms with Crippen molar-refractivity contribution in [3.8, 4) is 5.75 Å². The van der Waals surface area contributed by atoms with E-state index in [2.05, 4.69) is 38.6 Å². The van der Waals surface area contributed by atoms with E-state index in [0.717, 1.165) is 22.9 Å². The highest BCUT2D eigenvalue weighted by Crippen LogP contribution is 2.27. The molecule has 0 saturated carbocycles. The number of carbonyl (C=O) groups is 2. The Labute approximate surface area is 230 Å². The smallest absolute Gasteiger partial charge is 0.291 e. The summed E-state index contributed by atoms with van der Waals surface area (Å²) in [5, 5.41) is 4.36. The van der Waals surface area contributed by atoms with E-state index in [1.165, 1.54) is 16.9 Å². The Balaban J connectivity index is 1.54. The van der Waals surface area contributed by atoms with E-state index in [9.17, 15) is 14.4 Å². The minimum atomic E-state index is -0.548. The third kappa shape index (κ3) is 6.60. The number of carbonyl (C=O) groups excluding carboxylic acids is 2. The molecule has 0 fully saturated rings. The van der Waals surface area contributed by atoms with Crippen LogP contribution in [0.25, 0.3) is 10.2 Å². The van der Waals surface area contributed by atoms with Gasteiger partial charge in [0, 0.05) is 5.69 Å². The summed E-state index contributed by atoms with van der Waals surface area (Å²) >= 11 is 5.74. The van der Waals surface area contributed by atoms with Crippen molar-refractivity contribution < 1.29 is 14.3 Å². The Morgan fingerprint density at radius 1 is 1.14 bits per heavy atom. The molecule has 0 saturated heterocycles. The summed E-state index contributed by atoms with van der Waals surface area (Å²) in [6, 6.07) is 16.6. The van der Waals surface area contributed by atoms with Gasteiger partial charge in [0.05, 0.1) is 15.2 Å². The van der Waals surface area contributed by atoms with E-state index in [-0.39, 0.29) is 17.7 Å². The predicted molar refractivity (Wildman–Crippen MR) is 152 cm³/mol. The molecule has 0 aliphatic rings. The van der Waals surface area contributed by atoms with Gasteiger partial charge in [-0.15, -0.1) is 11.3 Å². The molecule has 0 radical (unpaired) electrons. The number of rotatable bonds is 10. The highest BCUT2D eigenvalue weighted by Gasteiger charge is 2.23. The van der Waals surface area contributed by atoms with Gasteiger partial charge in [0.1, 0.15) is 10.4 Å². The fourth-order valence-corrected chi connectivity index (χ4v) is 5.56. The molecule has 0 aliphatic heterocycles. The first-order valence-corrected chi connectivity index (χ1v) is 14.2. The third-order valence-electron chi connectivity index (χ3n) is 5.42.